The van der Waals surface area contributed by atoms with E-state index in [0.29, 0.717) is 25.6 Å². The summed E-state index contributed by atoms with van der Waals surface area (Å²) in [6.45, 7) is 7.82. The van der Waals surface area contributed by atoms with E-state index in [1.54, 1.807) is 0 Å². The summed E-state index contributed by atoms with van der Waals surface area (Å²) >= 11 is 0. The number of nitrogens with one attached hydrogen (secondary N) is 1. The van der Waals surface area contributed by atoms with Crippen molar-refractivity contribution in [3.05, 3.63) is 0 Å². The molecule has 1 saturated heterocycles. The summed E-state index contributed by atoms with van der Waals surface area (Å²) in [4.78, 5) is 2.11. The van der Waals surface area contributed by atoms with Crippen LogP contribution in [0.4, 0.5) is 8.78 Å². The molecule has 1 heterocycles. The summed E-state index contributed by atoms with van der Waals surface area (Å²) in [5.41, 5.74) is -0.959. The van der Waals surface area contributed by atoms with Crippen LogP contribution in [0.25, 0.3) is 0 Å². The molecule has 0 aromatic heterocycles. The van der Waals surface area contributed by atoms with Gasteiger partial charge in [0.25, 0.3) is 6.43 Å². The van der Waals surface area contributed by atoms with Crippen LogP contribution in [-0.4, -0.2) is 42.5 Å². The van der Waals surface area contributed by atoms with Crippen LogP contribution >= 0.6 is 0 Å². The summed E-state index contributed by atoms with van der Waals surface area (Å²) in [7, 11) is 0. The fourth-order valence-electron chi connectivity index (χ4n) is 2.06. The van der Waals surface area contributed by atoms with Gasteiger partial charge in [-0.3, -0.25) is 4.90 Å². The highest BCUT2D eigenvalue weighted by atomic mass is 19.3. The average molecular weight is 206 g/mol. The van der Waals surface area contributed by atoms with Gasteiger partial charge in [-0.1, -0.05) is 6.92 Å². The van der Waals surface area contributed by atoms with E-state index in [2.05, 4.69) is 10.2 Å². The van der Waals surface area contributed by atoms with E-state index < -0.39 is 12.0 Å². The maximum atomic E-state index is 12.9. The second-order valence-electron chi connectivity index (χ2n) is 4.30. The molecule has 0 bridgehead atoms. The highest BCUT2D eigenvalue weighted by Gasteiger charge is 2.45. The molecule has 0 spiro atoms. The Labute approximate surface area is 84.7 Å². The number of likely N-dealkylation sites (N-methyl/N-ethyl adjacent to an activating group) is 1. The van der Waals surface area contributed by atoms with E-state index in [4.69, 9.17) is 0 Å². The van der Waals surface area contributed by atoms with Gasteiger partial charge in [0.05, 0.1) is 5.54 Å². The minimum atomic E-state index is -2.27. The highest BCUT2D eigenvalue weighted by Crippen LogP contribution is 2.28. The first-order chi connectivity index (χ1) is 6.52. The normalized spacial score (nSPS) is 29.4. The Hall–Kier alpha value is -0.220. The molecule has 1 N–H and O–H groups in total. The summed E-state index contributed by atoms with van der Waals surface area (Å²) in [6, 6.07) is 0.356. The maximum absolute atomic E-state index is 12.9. The first-order valence-corrected chi connectivity index (χ1v) is 5.29. The number of hydrogen-bond donors (Lipinski definition) is 1. The third-order valence-electron chi connectivity index (χ3n) is 3.01. The SMILES string of the molecule is CCNC1(C(F)F)CCN(C(C)C)C1. The largest absolute Gasteiger partial charge is 0.306 e. The van der Waals surface area contributed by atoms with Crippen molar-refractivity contribution in [2.24, 2.45) is 0 Å². The van der Waals surface area contributed by atoms with Crippen molar-refractivity contribution in [2.75, 3.05) is 19.6 Å². The van der Waals surface area contributed by atoms with Crippen LogP contribution in [0.1, 0.15) is 27.2 Å². The van der Waals surface area contributed by atoms with Crippen molar-refractivity contribution in [2.45, 2.75) is 45.2 Å². The van der Waals surface area contributed by atoms with Gasteiger partial charge in [0.15, 0.2) is 0 Å². The topological polar surface area (TPSA) is 15.3 Å². The minimum absolute atomic E-state index is 0.356. The molecule has 4 heteroatoms. The lowest BCUT2D eigenvalue weighted by Gasteiger charge is -2.30. The zero-order valence-corrected chi connectivity index (χ0v) is 9.19. The van der Waals surface area contributed by atoms with Crippen LogP contribution in [0.3, 0.4) is 0 Å². The second kappa shape index (κ2) is 4.53. The summed E-state index contributed by atoms with van der Waals surface area (Å²) in [5, 5.41) is 2.95. The maximum Gasteiger partial charge on any atom is 0.257 e. The van der Waals surface area contributed by atoms with Gasteiger partial charge >= 0.3 is 0 Å². The van der Waals surface area contributed by atoms with Gasteiger partial charge in [-0.05, 0) is 26.8 Å². The quantitative estimate of drug-likeness (QED) is 0.753. The van der Waals surface area contributed by atoms with E-state index >= 15 is 0 Å². The second-order valence-corrected chi connectivity index (χ2v) is 4.30. The average Bonchev–Trinajstić information content (AvgIpc) is 2.50. The fraction of sp³-hybridized carbons (Fsp3) is 1.00. The molecular formula is C10H20F2N2. The Morgan fingerprint density at radius 1 is 1.43 bits per heavy atom. The molecule has 1 rings (SSSR count). The minimum Gasteiger partial charge on any atom is -0.306 e. The van der Waals surface area contributed by atoms with Crippen LogP contribution in [0.5, 0.6) is 0 Å². The molecule has 1 atom stereocenters. The van der Waals surface area contributed by atoms with Crippen molar-refractivity contribution >= 4 is 0 Å². The zero-order valence-electron chi connectivity index (χ0n) is 9.19. The first kappa shape index (κ1) is 11.9. The van der Waals surface area contributed by atoms with E-state index in [1.807, 2.05) is 20.8 Å². The Kier molecular flexibility index (Phi) is 3.84. The fourth-order valence-corrected chi connectivity index (χ4v) is 2.06. The lowest BCUT2D eigenvalue weighted by molar-refractivity contribution is 0.0337. The van der Waals surface area contributed by atoms with Crippen LogP contribution in [0.2, 0.25) is 0 Å². The highest BCUT2D eigenvalue weighted by molar-refractivity contribution is 4.99. The monoisotopic (exact) mass is 206 g/mol. The summed E-state index contributed by atoms with van der Waals surface area (Å²) in [6.07, 6.45) is -1.72. The molecule has 0 aromatic rings. The predicted octanol–water partition coefficient (Wildman–Crippen LogP) is 1.71. The number of halogens is 2. The van der Waals surface area contributed by atoms with E-state index in [1.165, 1.54) is 0 Å². The third-order valence-corrected chi connectivity index (χ3v) is 3.01. The Morgan fingerprint density at radius 3 is 2.43 bits per heavy atom. The van der Waals surface area contributed by atoms with Crippen molar-refractivity contribution in [3.8, 4) is 0 Å². The summed E-state index contributed by atoms with van der Waals surface area (Å²) < 4.78 is 25.9. The standard InChI is InChI=1S/C10H20F2N2/c1-4-13-10(9(11)12)5-6-14(7-10)8(2)3/h8-9,13H,4-7H2,1-3H3. The van der Waals surface area contributed by atoms with Gasteiger partial charge in [0.1, 0.15) is 0 Å². The molecule has 14 heavy (non-hydrogen) atoms. The smallest absolute Gasteiger partial charge is 0.257 e. The molecule has 0 radical (unpaired) electrons. The molecule has 1 fully saturated rings. The van der Waals surface area contributed by atoms with Gasteiger partial charge < -0.3 is 5.32 Å². The molecule has 0 aromatic carbocycles. The predicted molar refractivity (Wildman–Crippen MR) is 53.7 cm³/mol. The molecule has 84 valence electrons. The van der Waals surface area contributed by atoms with Crippen LogP contribution in [-0.2, 0) is 0 Å². The Bertz CT molecular complexity index is 185. The molecule has 1 unspecified atom stereocenters. The van der Waals surface area contributed by atoms with Gasteiger partial charge in [0, 0.05) is 19.1 Å². The molecular weight excluding hydrogens is 186 g/mol. The molecule has 0 saturated carbocycles. The van der Waals surface area contributed by atoms with Gasteiger partial charge in [-0.15, -0.1) is 0 Å². The molecule has 0 aliphatic carbocycles. The van der Waals surface area contributed by atoms with Crippen molar-refractivity contribution < 1.29 is 8.78 Å². The number of nitrogens with zero attached hydrogens (tertiary/aromatic N) is 1. The number of hydrogen-bond acceptors (Lipinski definition) is 2. The third kappa shape index (κ3) is 2.23. The molecule has 2 nitrogen and oxygen atoms in total. The number of likely N-dealkylation sites (tertiary alicyclic amines) is 1. The van der Waals surface area contributed by atoms with Crippen molar-refractivity contribution in [3.63, 3.8) is 0 Å². The van der Waals surface area contributed by atoms with Crippen LogP contribution in [0.15, 0.2) is 0 Å². The number of alkyl halides is 2. The molecule has 1 aliphatic rings. The molecule has 1 aliphatic heterocycles. The van der Waals surface area contributed by atoms with Crippen LogP contribution in [0, 0.1) is 0 Å². The number of rotatable bonds is 4. The van der Waals surface area contributed by atoms with Gasteiger partial charge in [-0.2, -0.15) is 0 Å². The summed E-state index contributed by atoms with van der Waals surface area (Å²) in [5.74, 6) is 0. The van der Waals surface area contributed by atoms with Gasteiger partial charge in [0.2, 0.25) is 0 Å². The lowest BCUT2D eigenvalue weighted by Crippen LogP contribution is -2.53. The van der Waals surface area contributed by atoms with E-state index in [9.17, 15) is 8.78 Å². The van der Waals surface area contributed by atoms with Gasteiger partial charge in [-0.25, -0.2) is 8.78 Å². The van der Waals surface area contributed by atoms with Crippen molar-refractivity contribution in [1.29, 1.82) is 0 Å². The Morgan fingerprint density at radius 2 is 2.07 bits per heavy atom. The lowest BCUT2D eigenvalue weighted by atomic mass is 9.99. The van der Waals surface area contributed by atoms with Crippen molar-refractivity contribution in [1.82, 2.24) is 10.2 Å². The zero-order chi connectivity index (χ0) is 10.8. The van der Waals surface area contributed by atoms with E-state index in [0.717, 1.165) is 6.54 Å². The van der Waals surface area contributed by atoms with Crippen LogP contribution < -0.4 is 5.32 Å². The molecule has 0 amide bonds. The van der Waals surface area contributed by atoms with E-state index in [-0.39, 0.29) is 0 Å². The first-order valence-electron chi connectivity index (χ1n) is 5.29. The Balaban J connectivity index is 2.64.